The van der Waals surface area contributed by atoms with Gasteiger partial charge in [-0.25, -0.2) is 13.9 Å². The smallest absolute Gasteiger partial charge is 0.338 e. The van der Waals surface area contributed by atoms with Crippen molar-refractivity contribution in [3.8, 4) is 5.75 Å². The fraction of sp³-hybridized carbons (Fsp3) is 0.370. The Labute approximate surface area is 215 Å². The van der Waals surface area contributed by atoms with E-state index in [0.717, 1.165) is 24.2 Å². The lowest BCUT2D eigenvalue weighted by atomic mass is 9.96. The standard InChI is InChI=1S/C27H31FN4O3S/c1-4-5-6-9-16-35-21-14-12-19(13-15-21)24-23(25(33)34-3)18(2)29-26-30-27(31-32(24)26)36-17-20-10-7-8-11-22(20)28/h7-8,10-15,24H,4-6,9,16-17H2,1-3H3,(H,29,30,31). The van der Waals surface area contributed by atoms with Gasteiger partial charge in [-0.15, -0.1) is 5.10 Å². The van der Waals surface area contributed by atoms with E-state index in [0.29, 0.717) is 40.3 Å². The van der Waals surface area contributed by atoms with Crippen LogP contribution in [-0.2, 0) is 15.3 Å². The highest BCUT2D eigenvalue weighted by atomic mass is 32.2. The first-order valence-electron chi connectivity index (χ1n) is 12.1. The molecule has 1 aliphatic rings. The number of halogens is 1. The van der Waals surface area contributed by atoms with E-state index in [-0.39, 0.29) is 5.82 Å². The summed E-state index contributed by atoms with van der Waals surface area (Å²) in [5.41, 5.74) is 2.53. The molecule has 7 nitrogen and oxygen atoms in total. The van der Waals surface area contributed by atoms with Crippen molar-refractivity contribution >= 4 is 23.7 Å². The molecular weight excluding hydrogens is 479 g/mol. The summed E-state index contributed by atoms with van der Waals surface area (Å²) in [5, 5.41) is 8.32. The molecule has 2 aromatic carbocycles. The van der Waals surface area contributed by atoms with Gasteiger partial charge in [-0.1, -0.05) is 68.3 Å². The number of ether oxygens (including phenoxy) is 2. The average molecular weight is 511 g/mol. The van der Waals surface area contributed by atoms with Crippen molar-refractivity contribution in [2.75, 3.05) is 19.0 Å². The third kappa shape index (κ3) is 5.90. The molecule has 0 aliphatic carbocycles. The molecule has 2 heterocycles. The van der Waals surface area contributed by atoms with Gasteiger partial charge in [-0.2, -0.15) is 4.98 Å². The number of fused-ring (bicyclic) bond motifs is 1. The molecule has 0 saturated carbocycles. The van der Waals surface area contributed by atoms with Gasteiger partial charge in [-0.3, -0.25) is 0 Å². The van der Waals surface area contributed by atoms with Crippen LogP contribution >= 0.6 is 11.8 Å². The van der Waals surface area contributed by atoms with E-state index >= 15 is 0 Å². The Balaban J connectivity index is 1.57. The summed E-state index contributed by atoms with van der Waals surface area (Å²) in [5.74, 6) is 0.981. The Kier molecular flexibility index (Phi) is 8.64. The number of carbonyl (C=O) groups excluding carboxylic acids is 1. The minimum absolute atomic E-state index is 0.261. The highest BCUT2D eigenvalue weighted by Crippen LogP contribution is 2.37. The lowest BCUT2D eigenvalue weighted by Gasteiger charge is -2.27. The molecule has 0 amide bonds. The van der Waals surface area contributed by atoms with Crippen molar-refractivity contribution in [1.82, 2.24) is 14.8 Å². The molecule has 1 N–H and O–H groups in total. The van der Waals surface area contributed by atoms with Crippen molar-refractivity contribution in [1.29, 1.82) is 0 Å². The van der Waals surface area contributed by atoms with Crippen molar-refractivity contribution in [3.05, 3.63) is 76.7 Å². The summed E-state index contributed by atoms with van der Waals surface area (Å²) in [6.45, 7) is 4.68. The summed E-state index contributed by atoms with van der Waals surface area (Å²) in [6, 6.07) is 13.8. The number of benzene rings is 2. The van der Waals surface area contributed by atoms with Gasteiger partial charge in [0.2, 0.25) is 11.1 Å². The second-order valence-electron chi connectivity index (χ2n) is 8.58. The molecule has 1 aliphatic heterocycles. The molecule has 4 rings (SSSR count). The summed E-state index contributed by atoms with van der Waals surface area (Å²) in [7, 11) is 1.36. The minimum atomic E-state index is -0.525. The van der Waals surface area contributed by atoms with E-state index in [1.807, 2.05) is 31.2 Å². The zero-order chi connectivity index (χ0) is 25.5. The van der Waals surface area contributed by atoms with E-state index in [9.17, 15) is 9.18 Å². The molecular formula is C27H31FN4O3S. The SMILES string of the molecule is CCCCCCOc1ccc(C2C(C(=O)OC)=C(C)Nc3nc(SCc4ccccc4F)nn32)cc1. The molecule has 0 radical (unpaired) electrons. The van der Waals surface area contributed by atoms with Gasteiger partial charge in [0.15, 0.2) is 0 Å². The highest BCUT2D eigenvalue weighted by molar-refractivity contribution is 7.98. The lowest BCUT2D eigenvalue weighted by molar-refractivity contribution is -0.136. The number of anilines is 1. The summed E-state index contributed by atoms with van der Waals surface area (Å²) < 4.78 is 26.7. The van der Waals surface area contributed by atoms with E-state index in [2.05, 4.69) is 22.3 Å². The summed E-state index contributed by atoms with van der Waals surface area (Å²) in [6.07, 6.45) is 4.57. The summed E-state index contributed by atoms with van der Waals surface area (Å²) in [4.78, 5) is 17.4. The van der Waals surface area contributed by atoms with E-state index < -0.39 is 12.0 Å². The number of methoxy groups -OCH3 is 1. The van der Waals surface area contributed by atoms with E-state index in [1.54, 1.807) is 22.9 Å². The Hall–Kier alpha value is -3.33. The predicted octanol–water partition coefficient (Wildman–Crippen LogP) is 6.13. The molecule has 3 aromatic rings. The average Bonchev–Trinajstić information content (AvgIpc) is 3.29. The number of unbranched alkanes of at least 4 members (excludes halogenated alkanes) is 3. The van der Waals surface area contributed by atoms with Crippen molar-refractivity contribution in [2.45, 2.75) is 56.5 Å². The number of nitrogens with one attached hydrogen (secondary N) is 1. The monoisotopic (exact) mass is 510 g/mol. The molecule has 36 heavy (non-hydrogen) atoms. The van der Waals surface area contributed by atoms with Crippen molar-refractivity contribution in [3.63, 3.8) is 0 Å². The van der Waals surface area contributed by atoms with E-state index in [4.69, 9.17) is 9.47 Å². The largest absolute Gasteiger partial charge is 0.494 e. The number of hydrogen-bond acceptors (Lipinski definition) is 7. The van der Waals surface area contributed by atoms with Gasteiger partial charge in [-0.05, 0) is 42.7 Å². The zero-order valence-corrected chi connectivity index (χ0v) is 21.6. The molecule has 0 saturated heterocycles. The van der Waals surface area contributed by atoms with Gasteiger partial charge < -0.3 is 14.8 Å². The molecule has 1 atom stereocenters. The van der Waals surface area contributed by atoms with Crippen molar-refractivity contribution in [2.24, 2.45) is 0 Å². The van der Waals surface area contributed by atoms with Crippen LogP contribution in [0.15, 0.2) is 65.0 Å². The third-order valence-corrected chi connectivity index (χ3v) is 6.90. The first-order valence-corrected chi connectivity index (χ1v) is 13.1. The topological polar surface area (TPSA) is 78.3 Å². The second-order valence-corrected chi connectivity index (χ2v) is 9.52. The van der Waals surface area contributed by atoms with Gasteiger partial charge >= 0.3 is 5.97 Å². The Morgan fingerprint density at radius 3 is 2.64 bits per heavy atom. The number of hydrogen-bond donors (Lipinski definition) is 1. The maximum Gasteiger partial charge on any atom is 0.338 e. The van der Waals surface area contributed by atoms with Gasteiger partial charge in [0.05, 0.1) is 19.3 Å². The fourth-order valence-electron chi connectivity index (χ4n) is 4.10. The lowest BCUT2D eigenvalue weighted by Crippen LogP contribution is -2.29. The first-order chi connectivity index (χ1) is 17.5. The zero-order valence-electron chi connectivity index (χ0n) is 20.8. The van der Waals surface area contributed by atoms with Gasteiger partial charge in [0.1, 0.15) is 17.6 Å². The fourth-order valence-corrected chi connectivity index (χ4v) is 4.91. The molecule has 1 aromatic heterocycles. The highest BCUT2D eigenvalue weighted by Gasteiger charge is 2.35. The van der Waals surface area contributed by atoms with Crippen LogP contribution < -0.4 is 10.1 Å². The Morgan fingerprint density at radius 1 is 1.14 bits per heavy atom. The van der Waals surface area contributed by atoms with Crippen LogP contribution in [0.2, 0.25) is 0 Å². The normalized spacial score (nSPS) is 14.8. The predicted molar refractivity (Wildman–Crippen MR) is 139 cm³/mol. The maximum absolute atomic E-state index is 14.1. The first kappa shape index (κ1) is 25.8. The summed E-state index contributed by atoms with van der Waals surface area (Å²) >= 11 is 1.33. The Morgan fingerprint density at radius 2 is 1.92 bits per heavy atom. The molecule has 0 fully saturated rings. The number of carbonyl (C=O) groups is 1. The van der Waals surface area contributed by atoms with Crippen LogP contribution in [0.3, 0.4) is 0 Å². The van der Waals surface area contributed by atoms with Crippen LogP contribution in [0.25, 0.3) is 0 Å². The molecule has 0 bridgehead atoms. The Bertz CT molecular complexity index is 1230. The van der Waals surface area contributed by atoms with Crippen LogP contribution in [-0.4, -0.2) is 34.5 Å². The van der Waals surface area contributed by atoms with Gasteiger partial charge in [0.25, 0.3) is 0 Å². The molecule has 190 valence electrons. The maximum atomic E-state index is 14.1. The van der Waals surface area contributed by atoms with Gasteiger partial charge in [0, 0.05) is 11.4 Å². The van der Waals surface area contributed by atoms with Crippen LogP contribution in [0.5, 0.6) is 5.75 Å². The quantitative estimate of drug-likeness (QED) is 0.189. The minimum Gasteiger partial charge on any atom is -0.494 e. The molecule has 9 heteroatoms. The molecule has 1 unspecified atom stereocenters. The molecule has 0 spiro atoms. The van der Waals surface area contributed by atoms with Crippen LogP contribution in [0.4, 0.5) is 10.3 Å². The van der Waals surface area contributed by atoms with E-state index in [1.165, 1.54) is 37.8 Å². The van der Waals surface area contributed by atoms with Crippen LogP contribution in [0, 0.1) is 5.82 Å². The van der Waals surface area contributed by atoms with Crippen molar-refractivity contribution < 1.29 is 18.7 Å². The number of rotatable bonds is 11. The number of thioether (sulfide) groups is 1. The number of esters is 1. The number of aromatic nitrogens is 3. The second kappa shape index (κ2) is 12.1. The van der Waals surface area contributed by atoms with Crippen LogP contribution in [0.1, 0.15) is 56.7 Å². The third-order valence-electron chi connectivity index (χ3n) is 6.02. The number of nitrogens with zero attached hydrogens (tertiary/aromatic N) is 3. The number of allylic oxidation sites excluding steroid dienone is 1.